The van der Waals surface area contributed by atoms with Crippen molar-refractivity contribution in [3.63, 3.8) is 0 Å². The number of hydrogen-bond donors (Lipinski definition) is 1. The fourth-order valence-electron chi connectivity index (χ4n) is 1.92. The summed E-state index contributed by atoms with van der Waals surface area (Å²) in [7, 11) is 0. The molecule has 2 rings (SSSR count). The highest BCUT2D eigenvalue weighted by Gasteiger charge is 2.20. The first-order valence-corrected chi connectivity index (χ1v) is 6.28. The number of carbonyl (C=O) groups is 1. The zero-order chi connectivity index (χ0) is 12.6. The summed E-state index contributed by atoms with van der Waals surface area (Å²) in [6, 6.07) is 3.86. The van der Waals surface area contributed by atoms with Gasteiger partial charge in [0.25, 0.3) is 0 Å². The van der Waals surface area contributed by atoms with Crippen LogP contribution in [-0.4, -0.2) is 30.6 Å². The van der Waals surface area contributed by atoms with Gasteiger partial charge in [0, 0.05) is 25.5 Å². The Kier molecular flexibility index (Phi) is 4.90. The number of amides is 1. The van der Waals surface area contributed by atoms with Crippen LogP contribution in [0, 0.1) is 5.92 Å². The molecule has 1 aliphatic rings. The molecule has 1 aromatic rings. The predicted molar refractivity (Wildman–Crippen MR) is 69.8 cm³/mol. The highest BCUT2D eigenvalue weighted by Crippen LogP contribution is 2.13. The summed E-state index contributed by atoms with van der Waals surface area (Å²) in [4.78, 5) is 15.8. The third kappa shape index (κ3) is 3.96. The lowest BCUT2D eigenvalue weighted by Crippen LogP contribution is -2.35. The summed E-state index contributed by atoms with van der Waals surface area (Å²) in [6.07, 6.45) is 9.31. The molecule has 1 N–H and O–H groups in total. The second kappa shape index (κ2) is 6.91. The van der Waals surface area contributed by atoms with Gasteiger partial charge in [0.15, 0.2) is 0 Å². The predicted octanol–water partition coefficient (Wildman–Crippen LogP) is 1.64. The first kappa shape index (κ1) is 12.8. The number of ether oxygens (including phenoxy) is 1. The van der Waals surface area contributed by atoms with E-state index in [0.717, 1.165) is 25.0 Å². The van der Waals surface area contributed by atoms with Gasteiger partial charge in [-0.2, -0.15) is 0 Å². The average Bonchev–Trinajstić information content (AvgIpc) is 2.45. The van der Waals surface area contributed by atoms with E-state index in [9.17, 15) is 4.79 Å². The van der Waals surface area contributed by atoms with Crippen molar-refractivity contribution in [2.24, 2.45) is 5.92 Å². The van der Waals surface area contributed by atoms with E-state index in [4.69, 9.17) is 4.74 Å². The number of carbonyl (C=O) groups excluding carboxylic acids is 1. The molecule has 1 fully saturated rings. The van der Waals surface area contributed by atoms with Crippen LogP contribution in [0.4, 0.5) is 0 Å². The molecule has 0 radical (unpaired) electrons. The van der Waals surface area contributed by atoms with Gasteiger partial charge < -0.3 is 10.1 Å². The van der Waals surface area contributed by atoms with E-state index in [1.54, 1.807) is 12.4 Å². The molecule has 0 bridgehead atoms. The Hall–Kier alpha value is -1.68. The Balaban J connectivity index is 1.71. The Morgan fingerprint density at radius 2 is 2.56 bits per heavy atom. The van der Waals surface area contributed by atoms with Gasteiger partial charge in [-0.05, 0) is 24.5 Å². The third-order valence-corrected chi connectivity index (χ3v) is 2.92. The Morgan fingerprint density at radius 1 is 1.61 bits per heavy atom. The highest BCUT2D eigenvalue weighted by molar-refractivity contribution is 5.79. The van der Waals surface area contributed by atoms with E-state index >= 15 is 0 Å². The van der Waals surface area contributed by atoms with Gasteiger partial charge in [-0.3, -0.25) is 9.78 Å². The zero-order valence-corrected chi connectivity index (χ0v) is 10.3. The Morgan fingerprint density at radius 3 is 3.28 bits per heavy atom. The molecule has 4 heteroatoms. The van der Waals surface area contributed by atoms with E-state index in [1.807, 2.05) is 24.3 Å². The fraction of sp³-hybridized carbons (Fsp3) is 0.429. The minimum absolute atomic E-state index is 0.0190. The molecule has 1 unspecified atom stereocenters. The van der Waals surface area contributed by atoms with Crippen molar-refractivity contribution in [2.75, 3.05) is 19.8 Å². The van der Waals surface area contributed by atoms with E-state index in [1.165, 1.54) is 0 Å². The highest BCUT2D eigenvalue weighted by atomic mass is 16.5. The maximum Gasteiger partial charge on any atom is 0.225 e. The van der Waals surface area contributed by atoms with Gasteiger partial charge in [-0.15, -0.1) is 0 Å². The van der Waals surface area contributed by atoms with Crippen molar-refractivity contribution in [3.8, 4) is 0 Å². The normalized spacial score (nSPS) is 19.9. The van der Waals surface area contributed by atoms with Crippen molar-refractivity contribution in [1.29, 1.82) is 0 Å². The molecule has 1 atom stereocenters. The lowest BCUT2D eigenvalue weighted by atomic mass is 10.0. The second-order valence-electron chi connectivity index (χ2n) is 4.35. The molecule has 0 aliphatic carbocycles. The molecule has 1 aliphatic heterocycles. The largest absolute Gasteiger partial charge is 0.381 e. The van der Waals surface area contributed by atoms with Crippen LogP contribution in [-0.2, 0) is 9.53 Å². The first-order valence-electron chi connectivity index (χ1n) is 6.28. The summed E-state index contributed by atoms with van der Waals surface area (Å²) in [5.41, 5.74) is 1.03. The van der Waals surface area contributed by atoms with Crippen molar-refractivity contribution in [3.05, 3.63) is 36.2 Å². The van der Waals surface area contributed by atoms with Gasteiger partial charge in [-0.1, -0.05) is 18.2 Å². The zero-order valence-electron chi connectivity index (χ0n) is 10.3. The number of nitrogens with one attached hydrogen (secondary N) is 1. The van der Waals surface area contributed by atoms with E-state index in [2.05, 4.69) is 10.3 Å². The Labute approximate surface area is 107 Å². The van der Waals surface area contributed by atoms with Crippen molar-refractivity contribution < 1.29 is 9.53 Å². The van der Waals surface area contributed by atoms with Crippen LogP contribution in [0.25, 0.3) is 6.08 Å². The standard InChI is InChI=1S/C14H18N2O2/c17-14(13-6-3-9-18-11-13)16-8-2-5-12-4-1-7-15-10-12/h1-2,4-5,7,10,13H,3,6,8-9,11H2,(H,16,17). The molecule has 2 heterocycles. The molecule has 18 heavy (non-hydrogen) atoms. The summed E-state index contributed by atoms with van der Waals surface area (Å²) in [6.45, 7) is 1.88. The van der Waals surface area contributed by atoms with Gasteiger partial charge in [-0.25, -0.2) is 0 Å². The molecule has 96 valence electrons. The fourth-order valence-corrected chi connectivity index (χ4v) is 1.92. The van der Waals surface area contributed by atoms with E-state index in [-0.39, 0.29) is 11.8 Å². The number of rotatable bonds is 4. The van der Waals surface area contributed by atoms with Crippen LogP contribution in [0.3, 0.4) is 0 Å². The van der Waals surface area contributed by atoms with Gasteiger partial charge in [0.2, 0.25) is 5.91 Å². The molecular formula is C14H18N2O2. The van der Waals surface area contributed by atoms with Gasteiger partial charge in [0.05, 0.1) is 12.5 Å². The molecule has 0 spiro atoms. The van der Waals surface area contributed by atoms with Crippen molar-refractivity contribution in [2.45, 2.75) is 12.8 Å². The molecule has 0 saturated carbocycles. The number of pyridine rings is 1. The van der Waals surface area contributed by atoms with Crippen LogP contribution in [0.5, 0.6) is 0 Å². The molecule has 1 aromatic heterocycles. The van der Waals surface area contributed by atoms with Gasteiger partial charge in [0.1, 0.15) is 0 Å². The molecule has 1 saturated heterocycles. The second-order valence-corrected chi connectivity index (χ2v) is 4.35. The quantitative estimate of drug-likeness (QED) is 0.878. The maximum absolute atomic E-state index is 11.8. The number of aromatic nitrogens is 1. The van der Waals surface area contributed by atoms with Crippen molar-refractivity contribution in [1.82, 2.24) is 10.3 Å². The van der Waals surface area contributed by atoms with Crippen molar-refractivity contribution >= 4 is 12.0 Å². The van der Waals surface area contributed by atoms with Crippen LogP contribution >= 0.6 is 0 Å². The SMILES string of the molecule is O=C(NCC=Cc1cccnc1)C1CCCOC1. The van der Waals surface area contributed by atoms with Gasteiger partial charge >= 0.3 is 0 Å². The lowest BCUT2D eigenvalue weighted by molar-refractivity contribution is -0.128. The summed E-state index contributed by atoms with van der Waals surface area (Å²) < 4.78 is 5.29. The number of hydrogen-bond acceptors (Lipinski definition) is 3. The molecular weight excluding hydrogens is 228 g/mol. The summed E-state index contributed by atoms with van der Waals surface area (Å²) >= 11 is 0. The third-order valence-electron chi connectivity index (χ3n) is 2.92. The van der Waals surface area contributed by atoms with Crippen LogP contribution in [0.1, 0.15) is 18.4 Å². The minimum Gasteiger partial charge on any atom is -0.381 e. The molecule has 4 nitrogen and oxygen atoms in total. The van der Waals surface area contributed by atoms with E-state index in [0.29, 0.717) is 13.2 Å². The van der Waals surface area contributed by atoms with Crippen LogP contribution in [0.2, 0.25) is 0 Å². The monoisotopic (exact) mass is 246 g/mol. The topological polar surface area (TPSA) is 51.2 Å². The lowest BCUT2D eigenvalue weighted by Gasteiger charge is -2.20. The molecule has 0 aromatic carbocycles. The average molecular weight is 246 g/mol. The maximum atomic E-state index is 11.8. The Bertz CT molecular complexity index is 398. The van der Waals surface area contributed by atoms with E-state index < -0.39 is 0 Å². The number of nitrogens with zero attached hydrogens (tertiary/aromatic N) is 1. The summed E-state index contributed by atoms with van der Waals surface area (Å²) in [5, 5.41) is 2.90. The minimum atomic E-state index is 0.0190. The summed E-state index contributed by atoms with van der Waals surface area (Å²) in [5.74, 6) is 0.107. The molecule has 1 amide bonds. The smallest absolute Gasteiger partial charge is 0.225 e. The van der Waals surface area contributed by atoms with Crippen LogP contribution in [0.15, 0.2) is 30.6 Å². The first-order chi connectivity index (χ1) is 8.86. The van der Waals surface area contributed by atoms with Crippen LogP contribution < -0.4 is 5.32 Å².